The van der Waals surface area contributed by atoms with E-state index in [2.05, 4.69) is 35.0 Å². The van der Waals surface area contributed by atoms with Crippen LogP contribution in [0, 0.1) is 13.8 Å². The van der Waals surface area contributed by atoms with Crippen molar-refractivity contribution in [2.45, 2.75) is 100 Å². The second kappa shape index (κ2) is 12.0. The molecule has 8 aliphatic rings. The number of carbonyl (C=O) groups excluding carboxylic acids is 2. The number of aliphatic hydroxyl groups is 1. The largest absolute Gasteiger partial charge is 0.504 e. The topological polar surface area (TPSA) is 152 Å². The lowest BCUT2D eigenvalue weighted by molar-refractivity contribution is -0.195. The number of carbonyl (C=O) groups is 2. The first-order valence-corrected chi connectivity index (χ1v) is 20.8. The van der Waals surface area contributed by atoms with Crippen molar-refractivity contribution < 1.29 is 47.9 Å². The van der Waals surface area contributed by atoms with Gasteiger partial charge in [0.1, 0.15) is 23.7 Å². The van der Waals surface area contributed by atoms with Crippen LogP contribution in [0.15, 0.2) is 34.7 Å². The SMILES string of the molecule is COc1c(C)cc2c(c1O)[C@@H]1C3[C@@H]4SC[C@]5(N[C@H](CO)Cc6c5oc5ccccc65)C(=O)OC[C@@H](c5c6c(c(C)c(OC(C)=O)c54)OCO6)N3[C@@H](C)[C@@H]3C[C@@]2(C)N13. The van der Waals surface area contributed by atoms with Gasteiger partial charge >= 0.3 is 11.9 Å². The molecule has 8 aliphatic heterocycles. The van der Waals surface area contributed by atoms with E-state index in [1.807, 2.05) is 38.1 Å². The van der Waals surface area contributed by atoms with Crippen molar-refractivity contribution in [3.8, 4) is 28.7 Å². The summed E-state index contributed by atoms with van der Waals surface area (Å²) >= 11 is 1.56. The fourth-order valence-corrected chi connectivity index (χ4v) is 13.5. The molecule has 298 valence electrons. The lowest BCUT2D eigenvalue weighted by atomic mass is 9.70. The number of furan rings is 1. The predicted octanol–water partition coefficient (Wildman–Crippen LogP) is 5.32. The van der Waals surface area contributed by atoms with Crippen LogP contribution < -0.4 is 24.3 Å². The fraction of sp³-hybridized carbons (Fsp3) is 0.488. The highest BCUT2D eigenvalue weighted by Gasteiger charge is 2.70. The summed E-state index contributed by atoms with van der Waals surface area (Å²) in [6, 6.07) is 8.37. The van der Waals surface area contributed by atoms with Crippen LogP contribution in [0.1, 0.15) is 89.2 Å². The molecule has 0 aliphatic carbocycles. The molecular formula is C43H45N3O10S. The third kappa shape index (κ3) is 4.40. The van der Waals surface area contributed by atoms with Crippen LogP contribution in [-0.4, -0.2) is 89.0 Å². The average molecular weight is 796 g/mol. The second-order valence-electron chi connectivity index (χ2n) is 16.9. The van der Waals surface area contributed by atoms with Gasteiger partial charge in [0.2, 0.25) is 6.79 Å². The summed E-state index contributed by atoms with van der Waals surface area (Å²) in [5, 5.41) is 26.9. The van der Waals surface area contributed by atoms with Gasteiger partial charge in [-0.3, -0.25) is 19.9 Å². The van der Waals surface area contributed by atoms with Crippen LogP contribution in [0.25, 0.3) is 11.0 Å². The van der Waals surface area contributed by atoms with Gasteiger partial charge in [-0.15, -0.1) is 11.8 Å². The second-order valence-corrected chi connectivity index (χ2v) is 18.1. The summed E-state index contributed by atoms with van der Waals surface area (Å²) in [7, 11) is 1.59. The Hall–Kier alpha value is -4.47. The standard InChI is InChI=1S/C43H45N3O10S/c1-18-11-25-29(34(49)35(18)51-6)32-33-39-31-30(38-37(53-17-54-38)19(2)36(31)55-21(4)48)27(45(33)20(3)26-13-42(25,5)46(26)32)15-52-41(50)43(16-57-39)40-24(12-22(14-47)44-43)23-9-7-8-10-28(23)56-40/h7-11,20,22,26-27,32-33,39,44,47,49H,12-17H2,1-6H3/t20-,22-,26-,27-,32+,33?,39+,42+,43+/m0/s1. The van der Waals surface area contributed by atoms with E-state index in [4.69, 9.17) is 28.1 Å². The first kappa shape index (κ1) is 35.7. The van der Waals surface area contributed by atoms with Crippen molar-refractivity contribution in [2.75, 3.05) is 32.9 Å². The summed E-state index contributed by atoms with van der Waals surface area (Å²) in [6.07, 6.45) is 1.34. The van der Waals surface area contributed by atoms with E-state index in [0.717, 1.165) is 45.2 Å². The molecule has 3 N–H and O–H groups in total. The molecule has 12 rings (SSSR count). The van der Waals surface area contributed by atoms with Crippen LogP contribution in [-0.2, 0) is 31.8 Å². The predicted molar refractivity (Wildman–Crippen MR) is 208 cm³/mol. The Morgan fingerprint density at radius 1 is 1.11 bits per heavy atom. The van der Waals surface area contributed by atoms with Crippen molar-refractivity contribution in [3.05, 3.63) is 75.0 Å². The monoisotopic (exact) mass is 795 g/mol. The summed E-state index contributed by atoms with van der Waals surface area (Å²) in [4.78, 5) is 33.1. The van der Waals surface area contributed by atoms with Gasteiger partial charge in [0.05, 0.1) is 31.1 Å². The third-order valence-electron chi connectivity index (χ3n) is 14.1. The number of hydrogen-bond donors (Lipinski definition) is 3. The van der Waals surface area contributed by atoms with E-state index in [-0.39, 0.29) is 61.2 Å². The van der Waals surface area contributed by atoms with Crippen LogP contribution in [0.5, 0.6) is 28.7 Å². The zero-order valence-electron chi connectivity index (χ0n) is 32.6. The molecule has 13 nitrogen and oxygen atoms in total. The number of esters is 2. The summed E-state index contributed by atoms with van der Waals surface area (Å²) in [6.45, 7) is 9.50. The number of hydrogen-bond acceptors (Lipinski definition) is 14. The van der Waals surface area contributed by atoms with Gasteiger partial charge in [-0.05, 0) is 63.8 Å². The molecule has 57 heavy (non-hydrogen) atoms. The third-order valence-corrected chi connectivity index (χ3v) is 15.6. The fourth-order valence-electron chi connectivity index (χ4n) is 11.9. The van der Waals surface area contributed by atoms with E-state index in [1.54, 1.807) is 18.9 Å². The highest BCUT2D eigenvalue weighted by molar-refractivity contribution is 7.99. The number of nitrogens with zero attached hydrogens (tertiary/aromatic N) is 2. The number of benzene rings is 3. The number of aliphatic hydroxyl groups excluding tert-OH is 1. The van der Waals surface area contributed by atoms with Crippen LogP contribution >= 0.6 is 11.8 Å². The number of rotatable bonds is 3. The van der Waals surface area contributed by atoms with Gasteiger partial charge in [-0.2, -0.15) is 0 Å². The number of ether oxygens (including phenoxy) is 5. The van der Waals surface area contributed by atoms with Gasteiger partial charge in [-0.25, -0.2) is 4.79 Å². The first-order chi connectivity index (χ1) is 27.4. The number of piperazine rings is 1. The van der Waals surface area contributed by atoms with Crippen LogP contribution in [0.4, 0.5) is 0 Å². The average Bonchev–Trinajstić information content (AvgIpc) is 3.88. The number of para-hydroxylation sites is 1. The van der Waals surface area contributed by atoms with Crippen molar-refractivity contribution >= 4 is 34.7 Å². The Balaban J connectivity index is 1.18. The number of nitrogens with one attached hydrogen (secondary N) is 1. The number of aryl methyl sites for hydroxylation is 1. The molecule has 0 saturated carbocycles. The zero-order valence-corrected chi connectivity index (χ0v) is 33.5. The van der Waals surface area contributed by atoms with Gasteiger partial charge in [0.15, 0.2) is 28.5 Å². The molecule has 3 aromatic carbocycles. The van der Waals surface area contributed by atoms with E-state index >= 15 is 4.79 Å². The number of phenolic OH excluding ortho intramolecular Hbond substituents is 1. The molecule has 1 unspecified atom stereocenters. The number of fused-ring (bicyclic) bond motifs is 10. The molecule has 9 heterocycles. The smallest absolute Gasteiger partial charge is 0.335 e. The highest BCUT2D eigenvalue weighted by Crippen LogP contribution is 2.71. The number of thioether (sulfide) groups is 1. The molecule has 0 radical (unpaired) electrons. The normalized spacial score (nSPS) is 33.2. The highest BCUT2D eigenvalue weighted by atomic mass is 32.2. The molecule has 14 heteroatoms. The Kier molecular flexibility index (Phi) is 7.54. The van der Waals surface area contributed by atoms with Crippen molar-refractivity contribution in [2.24, 2.45) is 0 Å². The molecular weight excluding hydrogens is 751 g/mol. The lowest BCUT2D eigenvalue weighted by Gasteiger charge is -2.68. The quantitative estimate of drug-likeness (QED) is 0.181. The summed E-state index contributed by atoms with van der Waals surface area (Å²) < 4.78 is 37.7. The van der Waals surface area contributed by atoms with E-state index < -0.39 is 34.8 Å². The van der Waals surface area contributed by atoms with E-state index in [1.165, 1.54) is 6.92 Å². The number of methoxy groups -OCH3 is 1. The van der Waals surface area contributed by atoms with Gasteiger partial charge < -0.3 is 38.3 Å². The summed E-state index contributed by atoms with van der Waals surface area (Å²) in [5.41, 5.74) is 4.73. The molecule has 2 bridgehead atoms. The molecule has 4 aromatic rings. The van der Waals surface area contributed by atoms with E-state index in [0.29, 0.717) is 46.3 Å². The Morgan fingerprint density at radius 3 is 2.67 bits per heavy atom. The van der Waals surface area contributed by atoms with Gasteiger partial charge in [0, 0.05) is 75.6 Å². The maximum atomic E-state index is 15.0. The van der Waals surface area contributed by atoms with E-state index in [9.17, 15) is 15.0 Å². The zero-order chi connectivity index (χ0) is 39.4. The first-order valence-electron chi connectivity index (χ1n) is 19.7. The Labute approximate surface area is 333 Å². The van der Waals surface area contributed by atoms with Crippen LogP contribution in [0.2, 0.25) is 0 Å². The Morgan fingerprint density at radius 2 is 1.89 bits per heavy atom. The van der Waals surface area contributed by atoms with Crippen molar-refractivity contribution in [1.29, 1.82) is 0 Å². The molecule has 1 aromatic heterocycles. The maximum Gasteiger partial charge on any atom is 0.335 e. The minimum atomic E-state index is -1.47. The Bertz CT molecular complexity index is 2450. The molecule has 9 atom stereocenters. The molecule has 1 spiro atoms. The maximum absolute atomic E-state index is 15.0. The van der Waals surface area contributed by atoms with Crippen molar-refractivity contribution in [1.82, 2.24) is 15.1 Å². The minimum absolute atomic E-state index is 0.00236. The minimum Gasteiger partial charge on any atom is -0.504 e. The molecule has 0 amide bonds. The van der Waals surface area contributed by atoms with Gasteiger partial charge in [-0.1, -0.05) is 18.2 Å². The summed E-state index contributed by atoms with van der Waals surface area (Å²) in [5.74, 6) is 1.74. The van der Waals surface area contributed by atoms with Gasteiger partial charge in [0.25, 0.3) is 0 Å². The number of phenols is 1. The number of aromatic hydroxyl groups is 1. The lowest BCUT2D eigenvalue weighted by Crippen LogP contribution is -2.75. The molecule has 3 saturated heterocycles. The van der Waals surface area contributed by atoms with Crippen molar-refractivity contribution in [3.63, 3.8) is 0 Å². The van der Waals surface area contributed by atoms with Crippen LogP contribution in [0.3, 0.4) is 0 Å². The molecule has 3 fully saturated rings.